The quantitative estimate of drug-likeness (QED) is 0.356. The maximum atomic E-state index is 10.3. The van der Waals surface area contributed by atoms with Gasteiger partial charge in [-0.2, -0.15) is 0 Å². The number of aliphatic hydroxyl groups is 1. The lowest BCUT2D eigenvalue weighted by Gasteiger charge is -2.24. The molecule has 0 saturated carbocycles. The molecular weight excluding hydrogens is 260 g/mol. The fraction of sp³-hybridized carbons (Fsp3) is 0.200. The number of fused-ring (bicyclic) bond motifs is 2. The minimum absolute atomic E-state index is 0.296. The number of aryl methyl sites for hydroxylation is 1. The number of benzene rings is 4. The van der Waals surface area contributed by atoms with E-state index < -0.39 is 0 Å². The van der Waals surface area contributed by atoms with Crippen molar-refractivity contribution >= 4 is 32.3 Å². The molecule has 0 spiro atoms. The maximum Gasteiger partial charge on any atom is 0.0793 e. The van der Waals surface area contributed by atoms with Crippen LogP contribution in [0.2, 0.25) is 0 Å². The summed E-state index contributed by atoms with van der Waals surface area (Å²) in [6.45, 7) is 0. The first-order valence-electron chi connectivity index (χ1n) is 7.70. The van der Waals surface area contributed by atoms with Gasteiger partial charge in [-0.15, -0.1) is 0 Å². The van der Waals surface area contributed by atoms with Crippen LogP contribution < -0.4 is 0 Å². The average Bonchev–Trinajstić information content (AvgIpc) is 2.53. The minimum Gasteiger partial charge on any atom is -0.388 e. The fourth-order valence-electron chi connectivity index (χ4n) is 4.09. The lowest BCUT2D eigenvalue weighted by molar-refractivity contribution is 0.157. The number of hydrogen-bond acceptors (Lipinski definition) is 1. The highest BCUT2D eigenvalue weighted by Gasteiger charge is 2.22. The van der Waals surface area contributed by atoms with E-state index in [9.17, 15) is 5.11 Å². The molecule has 4 aromatic carbocycles. The third-order valence-electron chi connectivity index (χ3n) is 5.06. The second kappa shape index (κ2) is 3.96. The number of aliphatic hydroxyl groups excluding tert-OH is 1. The fourth-order valence-corrected chi connectivity index (χ4v) is 4.09. The molecule has 1 aliphatic carbocycles. The molecular formula is C20H16O. The zero-order valence-electron chi connectivity index (χ0n) is 11.8. The van der Waals surface area contributed by atoms with Gasteiger partial charge in [-0.3, -0.25) is 0 Å². The Balaban J connectivity index is 2.07. The minimum atomic E-state index is -0.296. The van der Waals surface area contributed by atoms with E-state index in [1.807, 2.05) is 0 Å². The van der Waals surface area contributed by atoms with E-state index in [-0.39, 0.29) is 6.10 Å². The molecule has 1 nitrogen and oxygen atoms in total. The Morgan fingerprint density at radius 1 is 0.857 bits per heavy atom. The Morgan fingerprint density at radius 3 is 2.48 bits per heavy atom. The van der Waals surface area contributed by atoms with E-state index >= 15 is 0 Å². The molecule has 21 heavy (non-hydrogen) atoms. The molecule has 0 radical (unpaired) electrons. The van der Waals surface area contributed by atoms with Crippen LogP contribution in [0, 0.1) is 0 Å². The molecule has 0 aliphatic heterocycles. The van der Waals surface area contributed by atoms with Gasteiger partial charge in [-0.1, -0.05) is 42.5 Å². The van der Waals surface area contributed by atoms with Gasteiger partial charge in [0.2, 0.25) is 0 Å². The molecule has 1 heteroatoms. The molecule has 1 unspecified atom stereocenters. The molecule has 0 amide bonds. The first-order chi connectivity index (χ1) is 10.3. The third kappa shape index (κ3) is 1.44. The monoisotopic (exact) mass is 276 g/mol. The van der Waals surface area contributed by atoms with Crippen molar-refractivity contribution in [2.45, 2.75) is 25.4 Å². The van der Waals surface area contributed by atoms with Crippen LogP contribution in [0.25, 0.3) is 32.3 Å². The summed E-state index contributed by atoms with van der Waals surface area (Å²) in [5, 5.41) is 18.3. The van der Waals surface area contributed by atoms with Crippen LogP contribution in [0.3, 0.4) is 0 Å². The molecule has 5 rings (SSSR count). The summed E-state index contributed by atoms with van der Waals surface area (Å²) in [7, 11) is 0. The van der Waals surface area contributed by atoms with Crippen LogP contribution in [0.1, 0.15) is 30.1 Å². The summed E-state index contributed by atoms with van der Waals surface area (Å²) in [6, 6.07) is 17.6. The normalized spacial score (nSPS) is 18.6. The molecule has 0 saturated heterocycles. The molecule has 1 aliphatic rings. The SMILES string of the molecule is O[13CH]1[13CH2][13CH2][13CH2]c2c1cc1ccc3cccc4ccc2c1c34. The first-order valence-corrected chi connectivity index (χ1v) is 7.70. The Hall–Kier alpha value is -2.12. The van der Waals surface area contributed by atoms with E-state index in [0.29, 0.717) is 0 Å². The largest absolute Gasteiger partial charge is 0.388 e. The Kier molecular flexibility index (Phi) is 2.17. The van der Waals surface area contributed by atoms with Gasteiger partial charge < -0.3 is 5.11 Å². The van der Waals surface area contributed by atoms with Gasteiger partial charge >= 0.3 is 0 Å². The van der Waals surface area contributed by atoms with Gasteiger partial charge in [-0.05, 0) is 68.8 Å². The standard InChI is InChI=1S/C20H16O/c21-18-6-2-5-15-16-10-9-13-4-1-3-12-7-8-14(11-17(15)18)20(16)19(12)13/h1,3-4,7-11,18,21H,2,5-6H2/i2+1,5+1,6+1,18+1. The summed E-state index contributed by atoms with van der Waals surface area (Å²) < 4.78 is 0. The van der Waals surface area contributed by atoms with E-state index in [0.717, 1.165) is 24.8 Å². The van der Waals surface area contributed by atoms with Crippen LogP contribution in [0.5, 0.6) is 0 Å². The molecule has 0 bridgehead atoms. The summed E-state index contributed by atoms with van der Waals surface area (Å²) in [5.41, 5.74) is 2.51. The van der Waals surface area contributed by atoms with E-state index in [1.165, 1.54) is 37.9 Å². The molecule has 4 aromatic rings. The summed E-state index contributed by atoms with van der Waals surface area (Å²) in [6.07, 6.45) is 2.76. The van der Waals surface area contributed by atoms with E-state index in [4.69, 9.17) is 0 Å². The second-order valence-corrected chi connectivity index (χ2v) is 6.21. The highest BCUT2D eigenvalue weighted by molar-refractivity contribution is 6.23. The Bertz CT molecular complexity index is 968. The van der Waals surface area contributed by atoms with E-state index in [2.05, 4.69) is 48.5 Å². The van der Waals surface area contributed by atoms with Crippen molar-refractivity contribution in [3.63, 3.8) is 0 Å². The van der Waals surface area contributed by atoms with Crippen LogP contribution >= 0.6 is 0 Å². The highest BCUT2D eigenvalue weighted by atomic mass is 16.4. The lowest BCUT2D eigenvalue weighted by atomic mass is 9.91. The van der Waals surface area contributed by atoms with Gasteiger partial charge in [0.05, 0.1) is 6.10 Å². The zero-order valence-corrected chi connectivity index (χ0v) is 11.8. The van der Waals surface area contributed by atoms with Crippen LogP contribution in [0.4, 0.5) is 0 Å². The molecule has 102 valence electrons. The molecule has 1 atom stereocenters. The highest BCUT2D eigenvalue weighted by Crippen LogP contribution is 2.41. The van der Waals surface area contributed by atoms with Gasteiger partial charge in [0.1, 0.15) is 0 Å². The van der Waals surface area contributed by atoms with Gasteiger partial charge in [0.15, 0.2) is 0 Å². The van der Waals surface area contributed by atoms with Gasteiger partial charge in [0.25, 0.3) is 0 Å². The number of hydrogen-bond donors (Lipinski definition) is 1. The predicted molar refractivity (Wildman–Crippen MR) is 88.0 cm³/mol. The summed E-state index contributed by atoms with van der Waals surface area (Å²) >= 11 is 0. The average molecular weight is 276 g/mol. The van der Waals surface area contributed by atoms with Crippen molar-refractivity contribution in [1.29, 1.82) is 0 Å². The molecule has 0 heterocycles. The molecule has 0 fully saturated rings. The Labute approximate surface area is 123 Å². The zero-order chi connectivity index (χ0) is 14.0. The van der Waals surface area contributed by atoms with Crippen LogP contribution in [0.15, 0.2) is 48.5 Å². The smallest absolute Gasteiger partial charge is 0.0793 e. The third-order valence-corrected chi connectivity index (χ3v) is 5.06. The Morgan fingerprint density at radius 2 is 1.62 bits per heavy atom. The van der Waals surface area contributed by atoms with Crippen molar-refractivity contribution in [2.75, 3.05) is 0 Å². The second-order valence-electron chi connectivity index (χ2n) is 6.21. The summed E-state index contributed by atoms with van der Waals surface area (Å²) in [4.78, 5) is 0. The van der Waals surface area contributed by atoms with Crippen molar-refractivity contribution in [3.05, 3.63) is 59.7 Å². The first kappa shape index (κ1) is 11.5. The van der Waals surface area contributed by atoms with Crippen molar-refractivity contribution in [2.24, 2.45) is 0 Å². The molecule has 0 aromatic heterocycles. The van der Waals surface area contributed by atoms with Crippen molar-refractivity contribution in [1.82, 2.24) is 0 Å². The maximum absolute atomic E-state index is 10.3. The topological polar surface area (TPSA) is 20.2 Å². The lowest BCUT2D eigenvalue weighted by Crippen LogP contribution is -2.09. The van der Waals surface area contributed by atoms with E-state index in [1.54, 1.807) is 0 Å². The van der Waals surface area contributed by atoms with Crippen molar-refractivity contribution < 1.29 is 5.11 Å². The van der Waals surface area contributed by atoms with Gasteiger partial charge in [0, 0.05) is 0 Å². The van der Waals surface area contributed by atoms with Crippen LogP contribution in [-0.4, -0.2) is 5.11 Å². The van der Waals surface area contributed by atoms with Gasteiger partial charge in [-0.25, -0.2) is 0 Å². The van der Waals surface area contributed by atoms with Crippen LogP contribution in [-0.2, 0) is 6.42 Å². The predicted octanol–water partition coefficient (Wildman–Crippen LogP) is 4.95. The number of rotatable bonds is 0. The summed E-state index contributed by atoms with van der Waals surface area (Å²) in [5.74, 6) is 0. The molecule has 1 N–H and O–H groups in total. The van der Waals surface area contributed by atoms with Crippen molar-refractivity contribution in [3.8, 4) is 0 Å².